The Kier molecular flexibility index (Phi) is 2.21. The van der Waals surface area contributed by atoms with Gasteiger partial charge in [-0.2, -0.15) is 0 Å². The van der Waals surface area contributed by atoms with Crippen LogP contribution in [0.15, 0.2) is 0 Å². The van der Waals surface area contributed by atoms with Crippen molar-refractivity contribution in [3.05, 3.63) is 0 Å². The molecule has 1 aliphatic heterocycles. The quantitative estimate of drug-likeness (QED) is 0.612. The van der Waals surface area contributed by atoms with Gasteiger partial charge in [0.2, 0.25) is 0 Å². The van der Waals surface area contributed by atoms with Gasteiger partial charge in [0, 0.05) is 39.5 Å². The van der Waals surface area contributed by atoms with Crippen molar-refractivity contribution in [2.24, 2.45) is 0 Å². The minimum atomic E-state index is -4.99. The van der Waals surface area contributed by atoms with Crippen LogP contribution in [0, 0.1) is 0 Å². The van der Waals surface area contributed by atoms with Crippen LogP contribution in [0.3, 0.4) is 0 Å². The lowest BCUT2D eigenvalue weighted by molar-refractivity contribution is 0.233. The van der Waals surface area contributed by atoms with Gasteiger partial charge in [-0.05, 0) is 6.37 Å². The van der Waals surface area contributed by atoms with Crippen molar-refractivity contribution < 1.29 is 21.5 Å². The Morgan fingerprint density at radius 3 is 2.86 bits per heavy atom. The number of hydrogen-bond acceptors (Lipinski definition) is 2. The second kappa shape index (κ2) is 6.31. The number of alkyl halides is 2. The van der Waals surface area contributed by atoms with Gasteiger partial charge in [-0.3, -0.25) is 4.57 Å². The van der Waals surface area contributed by atoms with Gasteiger partial charge in [0.25, 0.3) is 0 Å². The van der Waals surface area contributed by atoms with Gasteiger partial charge in [0.05, 0.1) is 9.30 Å². The van der Waals surface area contributed by atoms with Crippen LogP contribution in [0.5, 0.6) is 0 Å². The zero-order valence-corrected chi connectivity index (χ0v) is 9.44. The standard InChI is InChI=1S/C7H15Cl2N2O2P/c8-2-5-11(6-3-9)14(12)10-4-1-7-13-14/h1-7H2,(H,10,12)/i1D2,5D2,6D2,7D2/hD. The summed E-state index contributed by atoms with van der Waals surface area (Å²) in [6, 6.07) is 0. The molecular formula is C7H15Cl2N2O2P. The fraction of sp³-hybridized carbons (Fsp3) is 1.00. The minimum absolute atomic E-state index is 0.00306. The molecule has 0 amide bonds. The van der Waals surface area contributed by atoms with E-state index in [4.69, 9.17) is 35.6 Å². The molecule has 1 heterocycles. The van der Waals surface area contributed by atoms with Gasteiger partial charge in [0.1, 0.15) is 1.41 Å². The van der Waals surface area contributed by atoms with Crippen LogP contribution >= 0.6 is 30.9 Å². The van der Waals surface area contributed by atoms with Crippen molar-refractivity contribution in [3.63, 3.8) is 0 Å². The second-order valence-corrected chi connectivity index (χ2v) is 4.44. The summed E-state index contributed by atoms with van der Waals surface area (Å²) < 4.78 is 86.4. The lowest BCUT2D eigenvalue weighted by atomic mass is 10.5. The molecule has 1 aliphatic rings. The molecule has 84 valence electrons. The third-order valence-electron chi connectivity index (χ3n) is 1.24. The first-order valence-corrected chi connectivity index (χ1v) is 6.18. The maximum Gasteiger partial charge on any atom is 0.343 e. The van der Waals surface area contributed by atoms with Gasteiger partial charge < -0.3 is 4.52 Å². The summed E-state index contributed by atoms with van der Waals surface area (Å²) in [6.07, 6.45) is -2.73. The number of halogens is 2. The van der Waals surface area contributed by atoms with E-state index in [1.807, 2.05) is 0 Å². The molecular weight excluding hydrogens is 246 g/mol. The third-order valence-corrected chi connectivity index (χ3v) is 3.09. The van der Waals surface area contributed by atoms with Gasteiger partial charge >= 0.3 is 7.67 Å². The van der Waals surface area contributed by atoms with Crippen molar-refractivity contribution in [2.75, 3.05) is 37.9 Å². The number of nitrogens with zero attached hydrogens (tertiary/aromatic N) is 1. The zero-order chi connectivity index (χ0) is 18.5. The normalized spacial score (nSPS) is 48.4. The minimum Gasteiger partial charge on any atom is -0.306 e. The predicted molar refractivity (Wildman–Crippen MR) is 59.2 cm³/mol. The predicted octanol–water partition coefficient (Wildman–Crippen LogP) is 1.88. The highest BCUT2D eigenvalue weighted by molar-refractivity contribution is 7.54. The van der Waals surface area contributed by atoms with E-state index in [0.717, 1.165) is 0 Å². The Hall–Kier alpha value is 0.690. The smallest absolute Gasteiger partial charge is 0.306 e. The highest BCUT2D eigenvalue weighted by Crippen LogP contribution is 2.47. The van der Waals surface area contributed by atoms with E-state index in [9.17, 15) is 4.57 Å². The average Bonchev–Trinajstić information content (AvgIpc) is 2.35. The molecule has 1 N–H and O–H groups in total. The highest BCUT2D eigenvalue weighted by atomic mass is 35.5. The summed E-state index contributed by atoms with van der Waals surface area (Å²) in [5.41, 5.74) is 0. The second-order valence-electron chi connectivity index (χ2n) is 2.06. The Bertz CT molecular complexity index is 492. The molecule has 1 fully saturated rings. The number of rotatable bonds is 5. The van der Waals surface area contributed by atoms with E-state index in [2.05, 4.69) is 4.52 Å². The Morgan fingerprint density at radius 2 is 2.29 bits per heavy atom. The maximum absolute atomic E-state index is 13.0. The first-order valence-electron chi connectivity index (χ1n) is 8.03. The lowest BCUT2D eigenvalue weighted by Gasteiger charge is -2.33. The molecule has 0 aromatic carbocycles. The summed E-state index contributed by atoms with van der Waals surface area (Å²) in [4.78, 5) is 0. The monoisotopic (exact) mass is 269 g/mol. The van der Waals surface area contributed by atoms with E-state index in [0.29, 0.717) is 0 Å². The summed E-state index contributed by atoms with van der Waals surface area (Å²) in [5, 5.41) is 0.00306. The van der Waals surface area contributed by atoms with Gasteiger partial charge in [-0.1, -0.05) is 0 Å². The summed E-state index contributed by atoms with van der Waals surface area (Å²) in [6.45, 7) is -9.81. The molecule has 14 heavy (non-hydrogen) atoms. The zero-order valence-electron chi connectivity index (χ0n) is 16.0. The van der Waals surface area contributed by atoms with Crippen LogP contribution < -0.4 is 5.08 Å². The SMILES string of the molecule is [2H]N1CC([2H])([2H])C([2H])([2H])OP1(=O)N(C([2H])([2H])CCl)C([2H])([2H])CCl. The molecule has 1 unspecified atom stereocenters. The van der Waals surface area contributed by atoms with Crippen LogP contribution in [0.1, 0.15) is 17.3 Å². The van der Waals surface area contributed by atoms with E-state index in [1.54, 1.807) is 0 Å². The van der Waals surface area contributed by atoms with Crippen LogP contribution in [0.2, 0.25) is 1.41 Å². The molecule has 7 heteroatoms. The van der Waals surface area contributed by atoms with Crippen molar-refractivity contribution in [1.82, 2.24) is 9.75 Å². The van der Waals surface area contributed by atoms with E-state index in [-0.39, 0.29) is 9.75 Å². The van der Waals surface area contributed by atoms with E-state index >= 15 is 0 Å². The van der Waals surface area contributed by atoms with Gasteiger partial charge in [-0.15, -0.1) is 23.2 Å². The lowest BCUT2D eigenvalue weighted by Crippen LogP contribution is -2.35. The van der Waals surface area contributed by atoms with Crippen LogP contribution in [0.25, 0.3) is 0 Å². The summed E-state index contributed by atoms with van der Waals surface area (Å²) >= 11 is 10.9. The molecule has 1 rings (SSSR count). The molecule has 0 radical (unpaired) electrons. The van der Waals surface area contributed by atoms with Crippen LogP contribution in [-0.2, 0) is 9.09 Å². The van der Waals surface area contributed by atoms with E-state index < -0.39 is 51.9 Å². The van der Waals surface area contributed by atoms with Crippen molar-refractivity contribution in [3.8, 4) is 0 Å². The van der Waals surface area contributed by atoms with Crippen molar-refractivity contribution in [1.29, 1.82) is 0 Å². The molecule has 0 bridgehead atoms. The maximum atomic E-state index is 13.0. The topological polar surface area (TPSA) is 41.6 Å². The van der Waals surface area contributed by atoms with Crippen molar-refractivity contribution in [2.45, 2.75) is 6.37 Å². The molecule has 0 aliphatic carbocycles. The third kappa shape index (κ3) is 3.37. The molecule has 1 atom stereocenters. The molecule has 0 spiro atoms. The van der Waals surface area contributed by atoms with Crippen LogP contribution in [-0.4, -0.2) is 42.5 Å². The fourth-order valence-electron chi connectivity index (χ4n) is 0.729. The molecule has 4 nitrogen and oxygen atoms in total. The van der Waals surface area contributed by atoms with Crippen LogP contribution in [0.4, 0.5) is 0 Å². The number of hydrogen-bond donors (Lipinski definition) is 1. The Labute approximate surface area is 107 Å². The number of nitrogens with one attached hydrogen (secondary N) is 1. The van der Waals surface area contributed by atoms with Crippen molar-refractivity contribution >= 4 is 30.9 Å². The van der Waals surface area contributed by atoms with E-state index in [1.165, 1.54) is 0 Å². The summed E-state index contributed by atoms with van der Waals surface area (Å²) in [7, 11) is -4.99. The summed E-state index contributed by atoms with van der Waals surface area (Å²) in [5.74, 6) is -1.75. The molecule has 0 aromatic rings. The molecule has 0 saturated carbocycles. The largest absolute Gasteiger partial charge is 0.343 e. The first kappa shape index (κ1) is 4.91. The Balaban J connectivity index is 3.49. The highest BCUT2D eigenvalue weighted by Gasteiger charge is 2.32. The molecule has 1 saturated heterocycles. The van der Waals surface area contributed by atoms with Gasteiger partial charge in [0.15, 0.2) is 0 Å². The average molecular weight is 270 g/mol. The first-order chi connectivity index (χ1) is 10.1. The molecule has 0 aromatic heterocycles. The van der Waals surface area contributed by atoms with Gasteiger partial charge in [-0.25, -0.2) is 9.75 Å². The fourth-order valence-corrected chi connectivity index (χ4v) is 2.33. The Morgan fingerprint density at radius 1 is 1.64 bits per heavy atom.